The lowest BCUT2D eigenvalue weighted by atomic mass is 9.96. The van der Waals surface area contributed by atoms with Crippen LogP contribution in [0.25, 0.3) is 0 Å². The molecule has 0 spiro atoms. The molecule has 0 radical (unpaired) electrons. The first-order valence-electron chi connectivity index (χ1n) is 9.05. The molecule has 0 aromatic heterocycles. The number of sulfonamides is 1. The molecule has 5 nitrogen and oxygen atoms in total. The van der Waals surface area contributed by atoms with E-state index >= 15 is 0 Å². The van der Waals surface area contributed by atoms with E-state index in [1.807, 2.05) is 11.8 Å². The Balaban J connectivity index is 2.05. The third kappa shape index (κ3) is 4.59. The van der Waals surface area contributed by atoms with Gasteiger partial charge < -0.3 is 4.90 Å². The molecule has 0 unspecified atom stereocenters. The maximum atomic E-state index is 13.9. The van der Waals surface area contributed by atoms with Gasteiger partial charge in [-0.1, -0.05) is 13.3 Å². The van der Waals surface area contributed by atoms with Gasteiger partial charge in [-0.3, -0.25) is 4.79 Å². The van der Waals surface area contributed by atoms with Crippen LogP contribution in [0.1, 0.15) is 39.5 Å². The monoisotopic (exact) mass is 388 g/mol. The number of unbranched alkanes of at least 4 members (excludes halogenated alkanes) is 1. The molecule has 1 aromatic carbocycles. The maximum Gasteiger partial charge on any atom is 0.246 e. The highest BCUT2D eigenvalue weighted by atomic mass is 32.2. The van der Waals surface area contributed by atoms with Crippen LogP contribution in [0.3, 0.4) is 0 Å². The van der Waals surface area contributed by atoms with Gasteiger partial charge in [0.05, 0.1) is 0 Å². The Morgan fingerprint density at radius 3 is 2.46 bits per heavy atom. The van der Waals surface area contributed by atoms with Crippen molar-refractivity contribution in [2.75, 3.05) is 26.2 Å². The van der Waals surface area contributed by atoms with Crippen LogP contribution in [-0.4, -0.2) is 49.7 Å². The second-order valence-corrected chi connectivity index (χ2v) is 8.43. The van der Waals surface area contributed by atoms with E-state index < -0.39 is 26.6 Å². The van der Waals surface area contributed by atoms with Gasteiger partial charge in [-0.15, -0.1) is 0 Å². The fourth-order valence-electron chi connectivity index (χ4n) is 3.19. The van der Waals surface area contributed by atoms with Gasteiger partial charge in [0, 0.05) is 32.1 Å². The highest BCUT2D eigenvalue weighted by Crippen LogP contribution is 2.27. The van der Waals surface area contributed by atoms with Gasteiger partial charge in [-0.05, 0) is 44.4 Å². The van der Waals surface area contributed by atoms with E-state index in [1.165, 1.54) is 0 Å². The minimum absolute atomic E-state index is 0.0509. The van der Waals surface area contributed by atoms with Gasteiger partial charge in [0.2, 0.25) is 15.9 Å². The topological polar surface area (TPSA) is 57.7 Å². The third-order valence-corrected chi connectivity index (χ3v) is 6.70. The minimum atomic E-state index is -4.11. The average molecular weight is 388 g/mol. The molecule has 1 aliphatic heterocycles. The lowest BCUT2D eigenvalue weighted by Crippen LogP contribution is -2.44. The van der Waals surface area contributed by atoms with E-state index in [9.17, 15) is 22.0 Å². The molecule has 1 fully saturated rings. The number of benzene rings is 1. The SMILES string of the molecule is CCCCN(CC)C(=O)C1CCN(S(=O)(=O)c2cc(F)ccc2F)CC1. The van der Waals surface area contributed by atoms with Gasteiger partial charge in [-0.2, -0.15) is 4.31 Å². The van der Waals surface area contributed by atoms with Crippen LogP contribution in [0.4, 0.5) is 8.78 Å². The Morgan fingerprint density at radius 2 is 1.88 bits per heavy atom. The number of piperidine rings is 1. The summed E-state index contributed by atoms with van der Waals surface area (Å²) in [5.41, 5.74) is 0. The van der Waals surface area contributed by atoms with Gasteiger partial charge in [0.25, 0.3) is 0 Å². The van der Waals surface area contributed by atoms with Gasteiger partial charge in [0.15, 0.2) is 0 Å². The fraction of sp³-hybridized carbons (Fsp3) is 0.611. The van der Waals surface area contributed by atoms with Crippen LogP contribution in [-0.2, 0) is 14.8 Å². The molecular weight excluding hydrogens is 362 g/mol. The summed E-state index contributed by atoms with van der Waals surface area (Å²) in [4.78, 5) is 13.8. The van der Waals surface area contributed by atoms with Crippen molar-refractivity contribution in [1.29, 1.82) is 0 Å². The summed E-state index contributed by atoms with van der Waals surface area (Å²) in [7, 11) is -4.11. The zero-order valence-electron chi connectivity index (χ0n) is 15.2. The number of hydrogen-bond donors (Lipinski definition) is 0. The highest BCUT2D eigenvalue weighted by molar-refractivity contribution is 7.89. The normalized spacial score (nSPS) is 16.6. The minimum Gasteiger partial charge on any atom is -0.343 e. The van der Waals surface area contributed by atoms with Crippen LogP contribution in [0.5, 0.6) is 0 Å². The number of amides is 1. The second kappa shape index (κ2) is 8.90. The van der Waals surface area contributed by atoms with E-state index in [4.69, 9.17) is 0 Å². The zero-order valence-corrected chi connectivity index (χ0v) is 16.1. The predicted molar refractivity (Wildman–Crippen MR) is 95.0 cm³/mol. The van der Waals surface area contributed by atoms with Gasteiger partial charge >= 0.3 is 0 Å². The fourth-order valence-corrected chi connectivity index (χ4v) is 4.73. The summed E-state index contributed by atoms with van der Waals surface area (Å²) in [5, 5.41) is 0. The van der Waals surface area contributed by atoms with E-state index in [1.54, 1.807) is 0 Å². The van der Waals surface area contributed by atoms with Crippen molar-refractivity contribution < 1.29 is 22.0 Å². The van der Waals surface area contributed by atoms with E-state index in [-0.39, 0.29) is 24.9 Å². The first-order chi connectivity index (χ1) is 12.3. The van der Waals surface area contributed by atoms with Crippen molar-refractivity contribution in [3.63, 3.8) is 0 Å². The number of carbonyl (C=O) groups is 1. The Bertz CT molecular complexity index is 732. The van der Waals surface area contributed by atoms with Crippen LogP contribution in [0.2, 0.25) is 0 Å². The Kier molecular flexibility index (Phi) is 7.11. The van der Waals surface area contributed by atoms with Crippen molar-refractivity contribution in [3.05, 3.63) is 29.8 Å². The lowest BCUT2D eigenvalue weighted by molar-refractivity contribution is -0.136. The summed E-state index contributed by atoms with van der Waals surface area (Å²) in [5.74, 6) is -1.95. The van der Waals surface area contributed by atoms with Crippen LogP contribution in [0, 0.1) is 17.6 Å². The van der Waals surface area contributed by atoms with Gasteiger partial charge in [-0.25, -0.2) is 17.2 Å². The smallest absolute Gasteiger partial charge is 0.246 e. The summed E-state index contributed by atoms with van der Waals surface area (Å²) >= 11 is 0. The molecule has 1 aromatic rings. The van der Waals surface area contributed by atoms with Crippen LogP contribution < -0.4 is 0 Å². The molecule has 2 rings (SSSR count). The Labute approximate surface area is 154 Å². The Hall–Kier alpha value is -1.54. The van der Waals surface area contributed by atoms with E-state index in [0.29, 0.717) is 32.0 Å². The van der Waals surface area contributed by atoms with Crippen molar-refractivity contribution >= 4 is 15.9 Å². The predicted octanol–water partition coefficient (Wildman–Crippen LogP) is 3.01. The quantitative estimate of drug-likeness (QED) is 0.721. The molecule has 1 saturated heterocycles. The van der Waals surface area contributed by atoms with Crippen molar-refractivity contribution in [1.82, 2.24) is 9.21 Å². The van der Waals surface area contributed by atoms with E-state index in [2.05, 4.69) is 6.92 Å². The molecule has 1 amide bonds. The molecule has 0 atom stereocenters. The largest absolute Gasteiger partial charge is 0.343 e. The number of rotatable bonds is 7. The maximum absolute atomic E-state index is 13.9. The average Bonchev–Trinajstić information content (AvgIpc) is 2.64. The number of hydrogen-bond acceptors (Lipinski definition) is 3. The molecule has 1 aliphatic rings. The molecule has 0 bridgehead atoms. The number of nitrogens with zero attached hydrogens (tertiary/aromatic N) is 2. The molecule has 146 valence electrons. The van der Waals surface area contributed by atoms with E-state index in [0.717, 1.165) is 29.3 Å². The Morgan fingerprint density at radius 1 is 1.23 bits per heavy atom. The first kappa shape index (κ1) is 20.8. The summed E-state index contributed by atoms with van der Waals surface area (Å²) in [6.07, 6.45) is 2.71. The van der Waals surface area contributed by atoms with Crippen LogP contribution in [0.15, 0.2) is 23.1 Å². The number of halogens is 2. The molecule has 26 heavy (non-hydrogen) atoms. The van der Waals surface area contributed by atoms with Gasteiger partial charge in [0.1, 0.15) is 16.5 Å². The molecule has 0 aliphatic carbocycles. The highest BCUT2D eigenvalue weighted by Gasteiger charge is 2.34. The van der Waals surface area contributed by atoms with Crippen LogP contribution >= 0.6 is 0 Å². The molecular formula is C18H26F2N2O3S. The summed E-state index contributed by atoms with van der Waals surface area (Å²) < 4.78 is 53.5. The summed E-state index contributed by atoms with van der Waals surface area (Å²) in [6.45, 7) is 5.58. The second-order valence-electron chi connectivity index (χ2n) is 6.52. The first-order valence-corrected chi connectivity index (χ1v) is 10.5. The van der Waals surface area contributed by atoms with Crippen molar-refractivity contribution in [2.45, 2.75) is 44.4 Å². The molecule has 0 saturated carbocycles. The third-order valence-electron chi connectivity index (χ3n) is 4.79. The van der Waals surface area contributed by atoms with Crippen molar-refractivity contribution in [3.8, 4) is 0 Å². The molecule has 8 heteroatoms. The molecule has 0 N–H and O–H groups in total. The zero-order chi connectivity index (χ0) is 19.3. The van der Waals surface area contributed by atoms with Crippen molar-refractivity contribution in [2.24, 2.45) is 5.92 Å². The molecule has 1 heterocycles. The number of carbonyl (C=O) groups excluding carboxylic acids is 1. The summed E-state index contributed by atoms with van der Waals surface area (Å²) in [6, 6.07) is 2.39. The lowest BCUT2D eigenvalue weighted by Gasteiger charge is -2.33. The standard InChI is InChI=1S/C18H26F2N2O3S/c1-3-5-10-21(4-2)18(23)14-8-11-22(12-9-14)26(24,25)17-13-15(19)6-7-16(17)20/h6-7,13-14H,3-5,8-12H2,1-2H3.